The maximum Gasteiger partial charge on any atom is 0.272 e. The van der Waals surface area contributed by atoms with Gasteiger partial charge in [-0.3, -0.25) is 14.4 Å². The lowest BCUT2D eigenvalue weighted by Crippen LogP contribution is -2.66. The van der Waals surface area contributed by atoms with E-state index in [2.05, 4.69) is 28.9 Å². The highest BCUT2D eigenvalue weighted by Gasteiger charge is 2.47. The van der Waals surface area contributed by atoms with E-state index in [1.54, 1.807) is 10.9 Å². The standard InChI is InChI=1S/C15H24N4O/c1-15-8-5-11-19(13(15)6-4-10-17(15)2)14(20)12-7-9-16-18(12)3/h7,9,13H,4-6,8,10-11H2,1-3H3/t13-,15-/m0/s1. The van der Waals surface area contributed by atoms with Crippen LogP contribution in [0.2, 0.25) is 0 Å². The SMILES string of the molecule is CN1CCC[C@@H]2N(C(=O)c3ccnn3C)CCC[C@@]21C. The van der Waals surface area contributed by atoms with Crippen molar-refractivity contribution in [2.24, 2.45) is 7.05 Å². The maximum absolute atomic E-state index is 12.8. The fourth-order valence-electron chi connectivity index (χ4n) is 3.93. The maximum atomic E-state index is 12.8. The summed E-state index contributed by atoms with van der Waals surface area (Å²) in [5.41, 5.74) is 0.826. The van der Waals surface area contributed by atoms with Crippen molar-refractivity contribution in [3.63, 3.8) is 0 Å². The third-order valence-corrected chi connectivity index (χ3v) is 5.32. The first-order valence-electron chi connectivity index (χ1n) is 7.54. The van der Waals surface area contributed by atoms with E-state index in [9.17, 15) is 4.79 Å². The number of piperidine rings is 2. The number of amides is 1. The normalized spacial score (nSPS) is 31.1. The Hall–Kier alpha value is -1.36. The molecule has 2 saturated heterocycles. The molecule has 0 saturated carbocycles. The van der Waals surface area contributed by atoms with Crippen LogP contribution in [0.5, 0.6) is 0 Å². The van der Waals surface area contributed by atoms with Gasteiger partial charge in [-0.05, 0) is 52.3 Å². The molecule has 110 valence electrons. The Balaban J connectivity index is 1.90. The zero-order valence-corrected chi connectivity index (χ0v) is 12.7. The van der Waals surface area contributed by atoms with Gasteiger partial charge in [-0.15, -0.1) is 0 Å². The van der Waals surface area contributed by atoms with Crippen molar-refractivity contribution in [1.29, 1.82) is 0 Å². The lowest BCUT2D eigenvalue weighted by Gasteiger charge is -2.55. The highest BCUT2D eigenvalue weighted by atomic mass is 16.2. The molecule has 1 aromatic heterocycles. The number of aromatic nitrogens is 2. The van der Waals surface area contributed by atoms with Crippen LogP contribution in [0.4, 0.5) is 0 Å². The quantitative estimate of drug-likeness (QED) is 0.781. The smallest absolute Gasteiger partial charge is 0.272 e. The van der Waals surface area contributed by atoms with Crippen molar-refractivity contribution in [1.82, 2.24) is 19.6 Å². The van der Waals surface area contributed by atoms with Crippen LogP contribution in [-0.4, -0.2) is 57.2 Å². The molecule has 0 N–H and O–H groups in total. The van der Waals surface area contributed by atoms with Gasteiger partial charge in [0, 0.05) is 25.3 Å². The lowest BCUT2D eigenvalue weighted by molar-refractivity contribution is -0.0351. The molecule has 0 aliphatic carbocycles. The summed E-state index contributed by atoms with van der Waals surface area (Å²) in [6, 6.07) is 2.15. The summed E-state index contributed by atoms with van der Waals surface area (Å²) in [6.07, 6.45) is 6.25. The van der Waals surface area contributed by atoms with Gasteiger partial charge in [0.15, 0.2) is 0 Å². The van der Waals surface area contributed by atoms with Crippen molar-refractivity contribution in [2.75, 3.05) is 20.1 Å². The Morgan fingerprint density at radius 3 is 2.85 bits per heavy atom. The van der Waals surface area contributed by atoms with Gasteiger partial charge in [0.25, 0.3) is 5.91 Å². The topological polar surface area (TPSA) is 41.4 Å². The van der Waals surface area contributed by atoms with E-state index < -0.39 is 0 Å². The van der Waals surface area contributed by atoms with Crippen molar-refractivity contribution < 1.29 is 4.79 Å². The lowest BCUT2D eigenvalue weighted by atomic mass is 9.76. The van der Waals surface area contributed by atoms with Crippen molar-refractivity contribution in [3.05, 3.63) is 18.0 Å². The van der Waals surface area contributed by atoms with E-state index in [-0.39, 0.29) is 11.4 Å². The molecule has 1 amide bonds. The Bertz CT molecular complexity index is 512. The van der Waals surface area contributed by atoms with Gasteiger partial charge in [-0.1, -0.05) is 0 Å². The number of hydrogen-bond acceptors (Lipinski definition) is 3. The average Bonchev–Trinajstić information content (AvgIpc) is 2.85. The summed E-state index contributed by atoms with van der Waals surface area (Å²) in [5.74, 6) is 0.135. The third-order valence-electron chi connectivity index (χ3n) is 5.32. The molecular weight excluding hydrogens is 252 g/mol. The van der Waals surface area contributed by atoms with Gasteiger partial charge in [0.1, 0.15) is 5.69 Å². The van der Waals surface area contributed by atoms with Gasteiger partial charge in [-0.25, -0.2) is 0 Å². The number of hydrogen-bond donors (Lipinski definition) is 0. The van der Waals surface area contributed by atoms with E-state index in [1.165, 1.54) is 12.8 Å². The number of likely N-dealkylation sites (N-methyl/N-ethyl adjacent to an activating group) is 1. The number of aryl methyl sites for hydroxylation is 1. The first kappa shape index (κ1) is 13.6. The fraction of sp³-hybridized carbons (Fsp3) is 0.733. The zero-order chi connectivity index (χ0) is 14.3. The summed E-state index contributed by atoms with van der Waals surface area (Å²) in [7, 11) is 4.04. The molecule has 2 aliphatic heterocycles. The minimum atomic E-state index is 0.130. The van der Waals surface area contributed by atoms with Gasteiger partial charge in [-0.2, -0.15) is 5.10 Å². The monoisotopic (exact) mass is 276 g/mol. The first-order valence-corrected chi connectivity index (χ1v) is 7.54. The molecule has 3 rings (SSSR count). The minimum absolute atomic E-state index is 0.130. The van der Waals surface area contributed by atoms with Crippen LogP contribution < -0.4 is 0 Å². The Morgan fingerprint density at radius 2 is 2.15 bits per heavy atom. The molecule has 2 atom stereocenters. The number of fused-ring (bicyclic) bond motifs is 1. The summed E-state index contributed by atoms with van der Waals surface area (Å²) >= 11 is 0. The summed E-state index contributed by atoms with van der Waals surface area (Å²) in [6.45, 7) is 4.33. The van der Waals surface area contributed by atoms with Gasteiger partial charge in [0.2, 0.25) is 0 Å². The Morgan fingerprint density at radius 1 is 1.35 bits per heavy atom. The molecule has 2 aliphatic rings. The highest BCUT2D eigenvalue weighted by Crippen LogP contribution is 2.38. The van der Waals surface area contributed by atoms with Crippen molar-refractivity contribution in [2.45, 2.75) is 44.2 Å². The molecule has 0 spiro atoms. The second-order valence-electron chi connectivity index (χ2n) is 6.38. The van der Waals surface area contributed by atoms with Crippen LogP contribution >= 0.6 is 0 Å². The molecule has 0 aromatic carbocycles. The Kier molecular flexibility index (Phi) is 3.32. The second kappa shape index (κ2) is 4.88. The highest BCUT2D eigenvalue weighted by molar-refractivity contribution is 5.93. The van der Waals surface area contributed by atoms with Gasteiger partial charge < -0.3 is 4.90 Å². The third kappa shape index (κ3) is 1.95. The number of carbonyl (C=O) groups is 1. The zero-order valence-electron chi connectivity index (χ0n) is 12.7. The van der Waals surface area contributed by atoms with E-state index in [0.717, 1.165) is 25.9 Å². The number of carbonyl (C=O) groups excluding carboxylic acids is 1. The van der Waals surface area contributed by atoms with Crippen molar-refractivity contribution >= 4 is 5.91 Å². The molecule has 0 unspecified atom stereocenters. The van der Waals surface area contributed by atoms with Crippen molar-refractivity contribution in [3.8, 4) is 0 Å². The van der Waals surface area contributed by atoms with Crippen LogP contribution in [0.3, 0.4) is 0 Å². The summed E-state index contributed by atoms with van der Waals surface area (Å²) in [4.78, 5) is 17.4. The predicted molar refractivity (Wildman–Crippen MR) is 77.5 cm³/mol. The summed E-state index contributed by atoms with van der Waals surface area (Å²) < 4.78 is 1.68. The first-order chi connectivity index (χ1) is 9.54. The van der Waals surface area contributed by atoms with Crippen LogP contribution in [0.1, 0.15) is 43.1 Å². The number of rotatable bonds is 1. The molecule has 2 fully saturated rings. The Labute approximate surface area is 120 Å². The molecule has 5 heteroatoms. The van der Waals surface area contributed by atoms with Gasteiger partial charge >= 0.3 is 0 Å². The second-order valence-corrected chi connectivity index (χ2v) is 6.38. The number of nitrogens with zero attached hydrogens (tertiary/aromatic N) is 4. The molecule has 0 bridgehead atoms. The van der Waals surface area contributed by atoms with Crippen LogP contribution in [0, 0.1) is 0 Å². The summed E-state index contributed by atoms with van der Waals surface area (Å²) in [5, 5.41) is 4.13. The molecule has 5 nitrogen and oxygen atoms in total. The van der Waals surface area contributed by atoms with E-state index >= 15 is 0 Å². The van der Waals surface area contributed by atoms with Crippen LogP contribution in [0.15, 0.2) is 12.3 Å². The predicted octanol–water partition coefficient (Wildman–Crippen LogP) is 1.51. The number of likely N-dealkylation sites (tertiary alicyclic amines) is 2. The van der Waals surface area contributed by atoms with Gasteiger partial charge in [0.05, 0.1) is 6.04 Å². The molecular formula is C15H24N4O. The van der Waals surface area contributed by atoms with Crippen LogP contribution in [-0.2, 0) is 7.05 Å². The molecule has 0 radical (unpaired) electrons. The van der Waals surface area contributed by atoms with E-state index in [4.69, 9.17) is 0 Å². The molecule has 1 aromatic rings. The largest absolute Gasteiger partial charge is 0.332 e. The minimum Gasteiger partial charge on any atom is -0.332 e. The van der Waals surface area contributed by atoms with Crippen LogP contribution in [0.25, 0.3) is 0 Å². The molecule has 20 heavy (non-hydrogen) atoms. The fourth-order valence-corrected chi connectivity index (χ4v) is 3.93. The van der Waals surface area contributed by atoms with E-state index in [0.29, 0.717) is 11.7 Å². The average molecular weight is 276 g/mol. The van der Waals surface area contributed by atoms with E-state index in [1.807, 2.05) is 13.1 Å². The molecule has 3 heterocycles.